The highest BCUT2D eigenvalue weighted by Gasteiger charge is 2.22. The number of non-ortho nitro benzene ring substituents is 1. The number of nitro benzene ring substituents is 1. The molecule has 150 valence electrons. The minimum absolute atomic E-state index is 0.00829. The van der Waals surface area contributed by atoms with E-state index < -0.39 is 11.0 Å². The third-order valence-corrected chi connectivity index (χ3v) is 5.20. The number of imidazole rings is 1. The van der Waals surface area contributed by atoms with Crippen molar-refractivity contribution in [2.45, 2.75) is 37.8 Å². The molecule has 3 aromatic rings. The van der Waals surface area contributed by atoms with Crippen LogP contribution in [0.2, 0.25) is 0 Å². The molecule has 0 fully saturated rings. The van der Waals surface area contributed by atoms with E-state index in [0.717, 1.165) is 36.1 Å². The molecule has 1 aliphatic rings. The Morgan fingerprint density at radius 3 is 2.72 bits per heavy atom. The van der Waals surface area contributed by atoms with Crippen molar-refractivity contribution in [3.05, 3.63) is 76.6 Å². The van der Waals surface area contributed by atoms with E-state index in [1.807, 2.05) is 24.3 Å². The van der Waals surface area contributed by atoms with Gasteiger partial charge in [0.15, 0.2) is 0 Å². The second-order valence-corrected chi connectivity index (χ2v) is 7.27. The Morgan fingerprint density at radius 2 is 2.00 bits per heavy atom. The van der Waals surface area contributed by atoms with Gasteiger partial charge in [0.2, 0.25) is 0 Å². The van der Waals surface area contributed by atoms with Crippen molar-refractivity contribution in [1.82, 2.24) is 9.55 Å². The fourth-order valence-corrected chi connectivity index (χ4v) is 3.75. The van der Waals surface area contributed by atoms with E-state index in [-0.39, 0.29) is 12.3 Å². The Morgan fingerprint density at radius 1 is 1.21 bits per heavy atom. The van der Waals surface area contributed by atoms with Crippen LogP contribution in [-0.4, -0.2) is 32.3 Å². The number of ether oxygens (including phenoxy) is 1. The molecule has 1 N–H and O–H groups in total. The van der Waals surface area contributed by atoms with Crippen molar-refractivity contribution in [2.24, 2.45) is 0 Å². The molecule has 4 rings (SSSR count). The SMILES string of the molecule is O=[N+]([O-])c1ccc(OC[C@H](O)Cn2c([C@@H]3CC=CCC3)nc3ccccc32)cc1. The maximum atomic E-state index is 10.7. The molecule has 0 saturated carbocycles. The van der Waals surface area contributed by atoms with Gasteiger partial charge in [-0.25, -0.2) is 4.98 Å². The van der Waals surface area contributed by atoms with Gasteiger partial charge in [-0.1, -0.05) is 24.3 Å². The van der Waals surface area contributed by atoms with Crippen LogP contribution >= 0.6 is 0 Å². The van der Waals surface area contributed by atoms with E-state index >= 15 is 0 Å². The smallest absolute Gasteiger partial charge is 0.269 e. The third-order valence-electron chi connectivity index (χ3n) is 5.20. The van der Waals surface area contributed by atoms with Gasteiger partial charge in [0.05, 0.1) is 22.5 Å². The third kappa shape index (κ3) is 4.30. The van der Waals surface area contributed by atoms with Crippen molar-refractivity contribution in [2.75, 3.05) is 6.61 Å². The second kappa shape index (κ2) is 8.45. The van der Waals surface area contributed by atoms with Crippen LogP contribution in [0.25, 0.3) is 11.0 Å². The van der Waals surface area contributed by atoms with Gasteiger partial charge in [0, 0.05) is 18.1 Å². The molecule has 2 aromatic carbocycles. The van der Waals surface area contributed by atoms with Crippen molar-refractivity contribution in [1.29, 1.82) is 0 Å². The van der Waals surface area contributed by atoms with Gasteiger partial charge in [-0.15, -0.1) is 0 Å². The predicted molar refractivity (Wildman–Crippen MR) is 110 cm³/mol. The molecule has 29 heavy (non-hydrogen) atoms. The zero-order valence-electron chi connectivity index (χ0n) is 16.0. The Kier molecular flexibility index (Phi) is 5.57. The summed E-state index contributed by atoms with van der Waals surface area (Å²) in [6, 6.07) is 13.8. The molecule has 0 unspecified atom stereocenters. The molecule has 0 amide bonds. The maximum Gasteiger partial charge on any atom is 0.269 e. The van der Waals surface area contributed by atoms with E-state index in [4.69, 9.17) is 9.72 Å². The maximum absolute atomic E-state index is 10.7. The summed E-state index contributed by atoms with van der Waals surface area (Å²) in [4.78, 5) is 15.1. The van der Waals surface area contributed by atoms with Crippen LogP contribution < -0.4 is 4.74 Å². The van der Waals surface area contributed by atoms with E-state index in [0.29, 0.717) is 18.2 Å². The van der Waals surface area contributed by atoms with Crippen molar-refractivity contribution in [3.63, 3.8) is 0 Å². The minimum Gasteiger partial charge on any atom is -0.491 e. The molecule has 1 aliphatic carbocycles. The average Bonchev–Trinajstić information content (AvgIpc) is 3.11. The molecule has 0 aliphatic heterocycles. The lowest BCUT2D eigenvalue weighted by Gasteiger charge is -2.21. The Balaban J connectivity index is 1.49. The molecular formula is C22H23N3O4. The summed E-state index contributed by atoms with van der Waals surface area (Å²) >= 11 is 0. The number of aliphatic hydroxyl groups is 1. The molecule has 0 radical (unpaired) electrons. The quantitative estimate of drug-likeness (QED) is 0.369. The zero-order chi connectivity index (χ0) is 20.2. The number of aliphatic hydroxyl groups excluding tert-OH is 1. The predicted octanol–water partition coefficient (Wildman–Crippen LogP) is 4.21. The van der Waals surface area contributed by atoms with Crippen LogP contribution in [0.15, 0.2) is 60.7 Å². The number of nitrogens with zero attached hydrogens (tertiary/aromatic N) is 3. The number of aromatic nitrogens is 2. The first-order chi connectivity index (χ1) is 14.1. The Hall–Kier alpha value is -3.19. The fraction of sp³-hybridized carbons (Fsp3) is 0.318. The number of hydrogen-bond donors (Lipinski definition) is 1. The van der Waals surface area contributed by atoms with E-state index in [1.165, 1.54) is 24.3 Å². The standard InChI is InChI=1S/C22H23N3O4/c26-18(15-29-19-12-10-17(11-13-19)25(27)28)14-24-21-9-5-4-8-20(21)23-22(24)16-6-2-1-3-7-16/h1-2,4-5,8-13,16,18,26H,3,6-7,14-15H2/t16-,18-/m1/s1. The van der Waals surface area contributed by atoms with Crippen LogP contribution in [-0.2, 0) is 6.54 Å². The number of para-hydroxylation sites is 2. The molecular weight excluding hydrogens is 370 g/mol. The summed E-state index contributed by atoms with van der Waals surface area (Å²) in [5.41, 5.74) is 1.95. The molecule has 2 atom stereocenters. The summed E-state index contributed by atoms with van der Waals surface area (Å²) in [6.45, 7) is 0.470. The van der Waals surface area contributed by atoms with Gasteiger partial charge < -0.3 is 14.4 Å². The molecule has 7 heteroatoms. The monoisotopic (exact) mass is 393 g/mol. The first-order valence-electron chi connectivity index (χ1n) is 9.77. The first-order valence-corrected chi connectivity index (χ1v) is 9.77. The summed E-state index contributed by atoms with van der Waals surface area (Å²) in [5.74, 6) is 1.84. The Bertz CT molecular complexity index is 1030. The summed E-state index contributed by atoms with van der Waals surface area (Å²) in [6.07, 6.45) is 6.72. The van der Waals surface area contributed by atoms with Gasteiger partial charge >= 0.3 is 0 Å². The van der Waals surface area contributed by atoms with Crippen molar-refractivity contribution in [3.8, 4) is 5.75 Å². The molecule has 1 heterocycles. The molecule has 1 aromatic heterocycles. The number of rotatable bonds is 7. The van der Waals surface area contributed by atoms with Crippen molar-refractivity contribution < 1.29 is 14.8 Å². The van der Waals surface area contributed by atoms with Gasteiger partial charge in [0.25, 0.3) is 5.69 Å². The van der Waals surface area contributed by atoms with E-state index in [2.05, 4.69) is 16.7 Å². The van der Waals surface area contributed by atoms with Crippen molar-refractivity contribution >= 4 is 16.7 Å². The lowest BCUT2D eigenvalue weighted by atomic mass is 9.93. The average molecular weight is 393 g/mol. The van der Waals surface area contributed by atoms with Gasteiger partial charge in [-0.05, 0) is 43.5 Å². The molecule has 0 spiro atoms. The fourth-order valence-electron chi connectivity index (χ4n) is 3.75. The first kappa shape index (κ1) is 19.1. The van der Waals surface area contributed by atoms with Gasteiger partial charge in [-0.3, -0.25) is 10.1 Å². The highest BCUT2D eigenvalue weighted by molar-refractivity contribution is 5.76. The largest absolute Gasteiger partial charge is 0.491 e. The number of fused-ring (bicyclic) bond motifs is 1. The lowest BCUT2D eigenvalue weighted by Crippen LogP contribution is -2.25. The summed E-state index contributed by atoms with van der Waals surface area (Å²) < 4.78 is 7.73. The lowest BCUT2D eigenvalue weighted by molar-refractivity contribution is -0.384. The van der Waals surface area contributed by atoms with Gasteiger partial charge in [-0.2, -0.15) is 0 Å². The number of benzene rings is 2. The number of hydrogen-bond acceptors (Lipinski definition) is 5. The number of allylic oxidation sites excluding steroid dienone is 2. The Labute approximate surface area is 168 Å². The van der Waals surface area contributed by atoms with Crippen LogP contribution in [0.3, 0.4) is 0 Å². The minimum atomic E-state index is -0.735. The highest BCUT2D eigenvalue weighted by Crippen LogP contribution is 2.31. The summed E-state index contributed by atoms with van der Waals surface area (Å²) in [7, 11) is 0. The van der Waals surface area contributed by atoms with E-state index in [9.17, 15) is 15.2 Å². The van der Waals surface area contributed by atoms with Crippen LogP contribution in [0.4, 0.5) is 5.69 Å². The molecule has 7 nitrogen and oxygen atoms in total. The van der Waals surface area contributed by atoms with Crippen LogP contribution in [0.1, 0.15) is 31.0 Å². The molecule has 0 saturated heterocycles. The van der Waals surface area contributed by atoms with Crippen LogP contribution in [0, 0.1) is 10.1 Å². The normalized spacial score (nSPS) is 17.3. The van der Waals surface area contributed by atoms with Gasteiger partial charge in [0.1, 0.15) is 24.3 Å². The number of nitro groups is 1. The second-order valence-electron chi connectivity index (χ2n) is 7.27. The topological polar surface area (TPSA) is 90.4 Å². The molecule has 0 bridgehead atoms. The highest BCUT2D eigenvalue weighted by atomic mass is 16.6. The van der Waals surface area contributed by atoms with E-state index in [1.54, 1.807) is 0 Å². The van der Waals surface area contributed by atoms with Crippen LogP contribution in [0.5, 0.6) is 5.75 Å². The summed E-state index contributed by atoms with van der Waals surface area (Å²) in [5, 5.41) is 21.3. The zero-order valence-corrected chi connectivity index (χ0v) is 16.0.